The van der Waals surface area contributed by atoms with Gasteiger partial charge in [-0.1, -0.05) is 91.0 Å². The van der Waals surface area contributed by atoms with Crippen LogP contribution in [0.15, 0.2) is 103 Å². The van der Waals surface area contributed by atoms with Gasteiger partial charge in [-0.15, -0.1) is 0 Å². The van der Waals surface area contributed by atoms with Gasteiger partial charge in [0.25, 0.3) is 0 Å². The Morgan fingerprint density at radius 3 is 1.59 bits per heavy atom. The Morgan fingerprint density at radius 2 is 1.04 bits per heavy atom. The molecule has 0 aromatic heterocycles. The van der Waals surface area contributed by atoms with E-state index in [0.29, 0.717) is 16.7 Å². The minimum Gasteiger partial charge on any atom is -0.507 e. The molecule has 27 heavy (non-hydrogen) atoms. The first-order valence-corrected chi connectivity index (χ1v) is 8.82. The second kappa shape index (κ2) is 7.30. The van der Waals surface area contributed by atoms with Crippen molar-refractivity contribution < 1.29 is 9.90 Å². The average Bonchev–Trinajstić information content (AvgIpc) is 2.75. The molecule has 4 aromatic carbocycles. The van der Waals surface area contributed by atoms with E-state index < -0.39 is 0 Å². The molecule has 0 aliphatic heterocycles. The van der Waals surface area contributed by atoms with E-state index in [-0.39, 0.29) is 11.5 Å². The van der Waals surface area contributed by atoms with Crippen LogP contribution < -0.4 is 0 Å². The summed E-state index contributed by atoms with van der Waals surface area (Å²) < 4.78 is 0. The SMILES string of the molecule is O=C(c1ccccc1)c1ccc(O)c(-c2ccccc2)c1-c1ccccc1. The minimum absolute atomic E-state index is 0.0633. The number of ketones is 1. The summed E-state index contributed by atoms with van der Waals surface area (Å²) in [5.41, 5.74) is 4.38. The Labute approximate surface area is 158 Å². The molecule has 0 saturated heterocycles. The van der Waals surface area contributed by atoms with Crippen LogP contribution in [0.1, 0.15) is 15.9 Å². The Bertz CT molecular complexity index is 1070. The monoisotopic (exact) mass is 350 g/mol. The number of rotatable bonds is 4. The fourth-order valence-electron chi connectivity index (χ4n) is 3.33. The van der Waals surface area contributed by atoms with Crippen LogP contribution in [-0.4, -0.2) is 10.9 Å². The van der Waals surface area contributed by atoms with Crippen LogP contribution in [-0.2, 0) is 0 Å². The van der Waals surface area contributed by atoms with E-state index in [1.54, 1.807) is 12.1 Å². The predicted molar refractivity (Wildman–Crippen MR) is 109 cm³/mol. The molecule has 0 fully saturated rings. The van der Waals surface area contributed by atoms with Crippen molar-refractivity contribution >= 4 is 5.78 Å². The maximum Gasteiger partial charge on any atom is 0.193 e. The van der Waals surface area contributed by atoms with Gasteiger partial charge in [0.05, 0.1) is 0 Å². The second-order valence-corrected chi connectivity index (χ2v) is 6.31. The van der Waals surface area contributed by atoms with E-state index in [4.69, 9.17) is 0 Å². The zero-order valence-corrected chi connectivity index (χ0v) is 14.7. The highest BCUT2D eigenvalue weighted by Crippen LogP contribution is 2.41. The van der Waals surface area contributed by atoms with Crippen LogP contribution in [0.2, 0.25) is 0 Å². The lowest BCUT2D eigenvalue weighted by Gasteiger charge is -2.17. The van der Waals surface area contributed by atoms with Crippen molar-refractivity contribution in [3.05, 3.63) is 114 Å². The fraction of sp³-hybridized carbons (Fsp3) is 0. The molecular formula is C25H18O2. The Balaban J connectivity index is 2.02. The van der Waals surface area contributed by atoms with E-state index in [9.17, 15) is 9.90 Å². The summed E-state index contributed by atoms with van der Waals surface area (Å²) in [6, 6.07) is 31.9. The van der Waals surface area contributed by atoms with Gasteiger partial charge in [0.15, 0.2) is 5.78 Å². The zero-order valence-electron chi connectivity index (χ0n) is 14.7. The first-order valence-electron chi connectivity index (χ1n) is 8.82. The lowest BCUT2D eigenvalue weighted by Crippen LogP contribution is -2.05. The smallest absolute Gasteiger partial charge is 0.193 e. The lowest BCUT2D eigenvalue weighted by atomic mass is 9.87. The van der Waals surface area contributed by atoms with Gasteiger partial charge in [-0.25, -0.2) is 0 Å². The molecular weight excluding hydrogens is 332 g/mol. The highest BCUT2D eigenvalue weighted by molar-refractivity contribution is 6.15. The molecule has 0 aliphatic rings. The molecule has 1 N–H and O–H groups in total. The predicted octanol–water partition coefficient (Wildman–Crippen LogP) is 5.96. The number of hydrogen-bond acceptors (Lipinski definition) is 2. The summed E-state index contributed by atoms with van der Waals surface area (Å²) in [6.45, 7) is 0. The molecule has 0 atom stereocenters. The van der Waals surface area contributed by atoms with Crippen molar-refractivity contribution in [2.24, 2.45) is 0 Å². The number of carbonyl (C=O) groups excluding carboxylic acids is 1. The van der Waals surface area contributed by atoms with Gasteiger partial charge in [0, 0.05) is 22.3 Å². The third-order valence-electron chi connectivity index (χ3n) is 4.59. The van der Waals surface area contributed by atoms with Crippen molar-refractivity contribution in [2.75, 3.05) is 0 Å². The molecule has 2 heteroatoms. The number of phenolic OH excluding ortho intramolecular Hbond substituents is 1. The van der Waals surface area contributed by atoms with E-state index >= 15 is 0 Å². The molecule has 0 amide bonds. The largest absolute Gasteiger partial charge is 0.507 e. The number of carbonyl (C=O) groups is 1. The summed E-state index contributed by atoms with van der Waals surface area (Å²) in [6.07, 6.45) is 0. The number of phenols is 1. The molecule has 0 unspecified atom stereocenters. The van der Waals surface area contributed by atoms with E-state index in [2.05, 4.69) is 0 Å². The lowest BCUT2D eigenvalue weighted by molar-refractivity contribution is 0.103. The van der Waals surface area contributed by atoms with Crippen molar-refractivity contribution in [3.63, 3.8) is 0 Å². The highest BCUT2D eigenvalue weighted by atomic mass is 16.3. The molecule has 4 rings (SSSR count). The molecule has 0 saturated carbocycles. The van der Waals surface area contributed by atoms with E-state index in [1.165, 1.54) is 0 Å². The molecule has 0 heterocycles. The standard InChI is InChI=1S/C25H18O2/c26-22-17-16-21(25(27)20-14-8-3-9-15-20)23(18-10-4-1-5-11-18)24(22)19-12-6-2-7-13-19/h1-17,26H. The number of benzene rings is 4. The van der Waals surface area contributed by atoms with Gasteiger partial charge >= 0.3 is 0 Å². The van der Waals surface area contributed by atoms with Crippen LogP contribution >= 0.6 is 0 Å². The molecule has 0 radical (unpaired) electrons. The van der Waals surface area contributed by atoms with Gasteiger partial charge in [-0.05, 0) is 23.3 Å². The van der Waals surface area contributed by atoms with Gasteiger partial charge in [0.2, 0.25) is 0 Å². The van der Waals surface area contributed by atoms with Crippen LogP contribution in [0.4, 0.5) is 0 Å². The third-order valence-corrected chi connectivity index (χ3v) is 4.59. The first-order chi connectivity index (χ1) is 13.3. The van der Waals surface area contributed by atoms with Crippen molar-refractivity contribution in [2.45, 2.75) is 0 Å². The van der Waals surface area contributed by atoms with Gasteiger partial charge in [-0.2, -0.15) is 0 Å². The molecule has 4 aromatic rings. The first kappa shape index (κ1) is 16.8. The maximum absolute atomic E-state index is 13.3. The van der Waals surface area contributed by atoms with Crippen LogP contribution in [0.5, 0.6) is 5.75 Å². The topological polar surface area (TPSA) is 37.3 Å². The quantitative estimate of drug-likeness (QED) is 0.461. The number of aromatic hydroxyl groups is 1. The van der Waals surface area contributed by atoms with Crippen LogP contribution in [0.3, 0.4) is 0 Å². The number of hydrogen-bond donors (Lipinski definition) is 1. The van der Waals surface area contributed by atoms with Crippen LogP contribution in [0.25, 0.3) is 22.3 Å². The van der Waals surface area contributed by atoms with Crippen molar-refractivity contribution in [1.29, 1.82) is 0 Å². The summed E-state index contributed by atoms with van der Waals surface area (Å²) >= 11 is 0. The summed E-state index contributed by atoms with van der Waals surface area (Å²) in [5.74, 6) is 0.0938. The molecule has 130 valence electrons. The Hall–Kier alpha value is -3.65. The summed E-state index contributed by atoms with van der Waals surface area (Å²) in [7, 11) is 0. The van der Waals surface area contributed by atoms with Crippen molar-refractivity contribution in [3.8, 4) is 28.0 Å². The average molecular weight is 350 g/mol. The molecule has 0 bridgehead atoms. The van der Waals surface area contributed by atoms with Gasteiger partial charge in [0.1, 0.15) is 5.75 Å². The Morgan fingerprint density at radius 1 is 0.556 bits per heavy atom. The molecule has 2 nitrogen and oxygen atoms in total. The second-order valence-electron chi connectivity index (χ2n) is 6.31. The zero-order chi connectivity index (χ0) is 18.6. The van der Waals surface area contributed by atoms with E-state index in [0.717, 1.165) is 16.7 Å². The molecule has 0 spiro atoms. The maximum atomic E-state index is 13.3. The Kier molecular flexibility index (Phi) is 4.54. The van der Waals surface area contributed by atoms with Gasteiger partial charge < -0.3 is 5.11 Å². The minimum atomic E-state index is -0.0633. The molecule has 0 aliphatic carbocycles. The normalized spacial score (nSPS) is 10.5. The third kappa shape index (κ3) is 3.25. The van der Waals surface area contributed by atoms with E-state index in [1.807, 2.05) is 91.0 Å². The summed E-state index contributed by atoms with van der Waals surface area (Å²) in [5, 5.41) is 10.7. The fourth-order valence-corrected chi connectivity index (χ4v) is 3.33. The van der Waals surface area contributed by atoms with Crippen LogP contribution in [0, 0.1) is 0 Å². The highest BCUT2D eigenvalue weighted by Gasteiger charge is 2.21. The van der Waals surface area contributed by atoms with Crippen molar-refractivity contribution in [1.82, 2.24) is 0 Å². The summed E-state index contributed by atoms with van der Waals surface area (Å²) in [4.78, 5) is 13.3. The van der Waals surface area contributed by atoms with Gasteiger partial charge in [-0.3, -0.25) is 4.79 Å².